The monoisotopic (exact) mass is 916 g/mol. The van der Waals surface area contributed by atoms with Gasteiger partial charge in [-0.3, -0.25) is 9.69 Å². The van der Waals surface area contributed by atoms with Crippen molar-refractivity contribution in [3.63, 3.8) is 0 Å². The van der Waals surface area contributed by atoms with Crippen LogP contribution in [0.25, 0.3) is 0 Å². The van der Waals surface area contributed by atoms with Crippen LogP contribution >= 0.6 is 0 Å². The fourth-order valence-corrected chi connectivity index (χ4v) is 11.6. The minimum Gasteiger partial charge on any atom is -0.487 e. The summed E-state index contributed by atoms with van der Waals surface area (Å²) in [5.74, 6) is -3.69. The SMILES string of the molecule is C=C(C)O[C@@]12CO[C@@H]1C[C@H](OC)[C@@]1(C)C(=O)[C@H](CCN3CCOCC3)C3=C(C)[C@@H](OC(=O)[C@H](O)[C@@H](NC(=O)OC(C)(C)C)c4ccccc4)C[C@@](O)([C@@H](OC(=O)c4ccccc4)[C@H]21)C3(C)C. The van der Waals surface area contributed by atoms with Crippen LogP contribution in [0.2, 0.25) is 0 Å². The Hall–Kier alpha value is -4.64. The second-order valence-corrected chi connectivity index (χ2v) is 20.4. The third kappa shape index (κ3) is 8.94. The Bertz CT molecular complexity index is 2170. The number of esters is 2. The number of aliphatic hydroxyl groups is 2. The summed E-state index contributed by atoms with van der Waals surface area (Å²) in [6.45, 7) is 21.1. The third-order valence-corrected chi connectivity index (χ3v) is 14.8. The summed E-state index contributed by atoms with van der Waals surface area (Å²) in [7, 11) is 1.54. The lowest BCUT2D eigenvalue weighted by molar-refractivity contribution is -0.348. The number of ether oxygens (including phenoxy) is 7. The Morgan fingerprint density at radius 3 is 2.21 bits per heavy atom. The second-order valence-electron chi connectivity index (χ2n) is 20.4. The lowest BCUT2D eigenvalue weighted by Gasteiger charge is -2.68. The third-order valence-electron chi connectivity index (χ3n) is 14.8. The number of carbonyl (C=O) groups is 4. The first-order valence-corrected chi connectivity index (χ1v) is 23.0. The number of alkyl carbamates (subject to hydrolysis) is 1. The highest BCUT2D eigenvalue weighted by atomic mass is 16.6. The van der Waals surface area contributed by atoms with E-state index in [1.807, 2.05) is 20.8 Å². The van der Waals surface area contributed by atoms with E-state index in [1.165, 1.54) is 0 Å². The van der Waals surface area contributed by atoms with E-state index in [0.29, 0.717) is 61.7 Å². The lowest BCUT2D eigenvalue weighted by Crippen LogP contribution is -2.81. The number of allylic oxidation sites excluding steroid dienone is 1. The minimum absolute atomic E-state index is 0.000686. The normalized spacial score (nSPS) is 32.7. The van der Waals surface area contributed by atoms with Gasteiger partial charge in [-0.05, 0) is 83.4 Å². The van der Waals surface area contributed by atoms with Crippen LogP contribution in [-0.4, -0.2) is 133 Å². The van der Waals surface area contributed by atoms with E-state index in [9.17, 15) is 24.6 Å². The van der Waals surface area contributed by atoms with Crippen molar-refractivity contribution in [3.05, 3.63) is 95.3 Å². The molecule has 2 heterocycles. The number of ketones is 1. The van der Waals surface area contributed by atoms with Gasteiger partial charge in [0.1, 0.15) is 35.3 Å². The molecule has 15 nitrogen and oxygen atoms in total. The van der Waals surface area contributed by atoms with Crippen LogP contribution in [0.1, 0.15) is 96.6 Å². The second kappa shape index (κ2) is 18.8. The lowest BCUT2D eigenvalue weighted by atomic mass is 9.43. The van der Waals surface area contributed by atoms with E-state index < -0.39 is 94.1 Å². The minimum atomic E-state index is -2.10. The number of methoxy groups -OCH3 is 1. The number of hydrogen-bond donors (Lipinski definition) is 3. The maximum Gasteiger partial charge on any atom is 0.408 e. The molecule has 2 aliphatic heterocycles. The highest BCUT2D eigenvalue weighted by molar-refractivity contribution is 5.92. The molecule has 4 fully saturated rings. The van der Waals surface area contributed by atoms with Gasteiger partial charge in [-0.2, -0.15) is 0 Å². The average molecular weight is 917 g/mol. The molecule has 1 amide bonds. The molecule has 0 unspecified atom stereocenters. The molecule has 2 bridgehead atoms. The Morgan fingerprint density at radius 1 is 1.00 bits per heavy atom. The fraction of sp³-hybridized carbons (Fsp3) is 0.608. The molecule has 11 atom stereocenters. The summed E-state index contributed by atoms with van der Waals surface area (Å²) in [5.41, 5.74) is -5.43. The van der Waals surface area contributed by atoms with E-state index in [1.54, 1.807) is 102 Å². The van der Waals surface area contributed by atoms with E-state index in [-0.39, 0.29) is 30.8 Å². The number of Topliss-reactive ketones (excluding diaryl/α,β-unsaturated/α-hetero) is 1. The first kappa shape index (κ1) is 49.3. The summed E-state index contributed by atoms with van der Waals surface area (Å²) in [6.07, 6.45) is -6.73. The van der Waals surface area contributed by atoms with Crippen LogP contribution in [0.4, 0.5) is 4.79 Å². The smallest absolute Gasteiger partial charge is 0.408 e. The number of aliphatic hydroxyl groups excluding tert-OH is 1. The average Bonchev–Trinajstić information content (AvgIpc) is 3.26. The van der Waals surface area contributed by atoms with E-state index in [4.69, 9.17) is 33.2 Å². The molecular formula is C51H68N2O13. The molecule has 15 heteroatoms. The van der Waals surface area contributed by atoms with E-state index in [0.717, 1.165) is 0 Å². The van der Waals surface area contributed by atoms with Crippen molar-refractivity contribution in [2.24, 2.45) is 22.7 Å². The Kier molecular flexibility index (Phi) is 14.0. The molecule has 3 N–H and O–H groups in total. The van der Waals surface area contributed by atoms with Gasteiger partial charge in [-0.1, -0.05) is 69.0 Å². The topological polar surface area (TPSA) is 189 Å². The summed E-state index contributed by atoms with van der Waals surface area (Å²) in [6, 6.07) is 15.6. The molecule has 2 saturated carbocycles. The van der Waals surface area contributed by atoms with Crippen LogP contribution in [0.3, 0.4) is 0 Å². The maximum atomic E-state index is 16.3. The molecule has 2 aromatic carbocycles. The highest BCUT2D eigenvalue weighted by Gasteiger charge is 2.78. The van der Waals surface area contributed by atoms with Gasteiger partial charge >= 0.3 is 18.0 Å². The first-order chi connectivity index (χ1) is 31.1. The predicted molar refractivity (Wildman–Crippen MR) is 242 cm³/mol. The molecule has 0 radical (unpaired) electrons. The van der Waals surface area contributed by atoms with Gasteiger partial charge in [0.25, 0.3) is 0 Å². The molecule has 66 heavy (non-hydrogen) atoms. The van der Waals surface area contributed by atoms with E-state index >= 15 is 4.79 Å². The molecule has 0 aromatic heterocycles. The number of carbonyl (C=O) groups excluding carboxylic acids is 4. The van der Waals surface area contributed by atoms with Crippen molar-refractivity contribution in [2.75, 3.05) is 46.6 Å². The Balaban J connectivity index is 1.40. The van der Waals surface area contributed by atoms with Gasteiger partial charge in [0.05, 0.1) is 54.6 Å². The number of nitrogens with one attached hydrogen (secondary N) is 1. The van der Waals surface area contributed by atoms with Crippen molar-refractivity contribution in [1.82, 2.24) is 10.2 Å². The van der Waals surface area contributed by atoms with Crippen LogP contribution in [0.5, 0.6) is 0 Å². The van der Waals surface area contributed by atoms with Gasteiger partial charge in [-0.25, -0.2) is 14.4 Å². The molecule has 2 saturated heterocycles. The number of fused-ring (bicyclic) bond motifs is 5. The zero-order valence-corrected chi connectivity index (χ0v) is 39.8. The zero-order chi connectivity index (χ0) is 48.0. The molecule has 5 aliphatic rings. The number of amides is 1. The maximum absolute atomic E-state index is 16.3. The Labute approximate surface area is 388 Å². The molecule has 0 spiro atoms. The van der Waals surface area contributed by atoms with Gasteiger partial charge in [0.2, 0.25) is 0 Å². The van der Waals surface area contributed by atoms with Gasteiger partial charge < -0.3 is 48.7 Å². The Morgan fingerprint density at radius 2 is 1.64 bits per heavy atom. The largest absolute Gasteiger partial charge is 0.487 e. The van der Waals surface area contributed by atoms with E-state index in [2.05, 4.69) is 16.8 Å². The number of nitrogens with zero attached hydrogens (tertiary/aromatic N) is 1. The molecule has 7 rings (SSSR count). The van der Waals surface area contributed by atoms with Crippen molar-refractivity contribution in [2.45, 2.75) is 128 Å². The molecule has 2 aromatic rings. The van der Waals surface area contributed by atoms with Gasteiger partial charge in [0, 0.05) is 44.4 Å². The number of rotatable bonds is 13. The number of benzene rings is 2. The van der Waals surface area contributed by atoms with Crippen molar-refractivity contribution < 1.29 is 62.5 Å². The first-order valence-electron chi connectivity index (χ1n) is 23.0. The van der Waals surface area contributed by atoms with Crippen LogP contribution in [0, 0.1) is 22.7 Å². The van der Waals surface area contributed by atoms with Crippen molar-refractivity contribution in [1.29, 1.82) is 0 Å². The number of morpholine rings is 1. The van der Waals surface area contributed by atoms with Gasteiger partial charge in [0.15, 0.2) is 11.7 Å². The molecule has 3 aliphatic carbocycles. The molecule has 360 valence electrons. The predicted octanol–water partition coefficient (Wildman–Crippen LogP) is 5.88. The van der Waals surface area contributed by atoms with Gasteiger partial charge in [-0.15, -0.1) is 0 Å². The van der Waals surface area contributed by atoms with Crippen LogP contribution < -0.4 is 5.32 Å². The summed E-state index contributed by atoms with van der Waals surface area (Å²) < 4.78 is 43.5. The van der Waals surface area contributed by atoms with Crippen molar-refractivity contribution >= 4 is 23.8 Å². The summed E-state index contributed by atoms with van der Waals surface area (Å²) >= 11 is 0. The molecular weight excluding hydrogens is 849 g/mol. The van der Waals surface area contributed by atoms with Crippen molar-refractivity contribution in [3.8, 4) is 0 Å². The standard InChI is InChI=1S/C51H68N2O13/c1-30(2)65-50-29-62-37(50)27-36(60-10)49(9)41(50)43(64-44(56)33-19-15-12-16-20-33)51(59)28-35(31(3)38(48(51,7)8)34(42(49)55)21-22-53-23-25-61-26-24-53)63-45(57)40(54)39(32-17-13-11-14-18-32)52-46(58)66-47(4,5)6/h11-20,34-37,39-41,43,54,59H,1,21-29H2,2-10H3,(H,52,58)/t34-,35+,36+,37-,39+,40-,41+,43+,49-,50+,51-/m1/s1. The van der Waals surface area contributed by atoms with Crippen LogP contribution in [-0.2, 0) is 42.7 Å². The zero-order valence-electron chi connectivity index (χ0n) is 39.8. The summed E-state index contributed by atoms with van der Waals surface area (Å²) in [5, 5.41) is 28.7. The number of hydrogen-bond acceptors (Lipinski definition) is 14. The quantitative estimate of drug-likeness (QED) is 0.0936. The van der Waals surface area contributed by atoms with Crippen LogP contribution in [0.15, 0.2) is 84.1 Å². The highest BCUT2D eigenvalue weighted by Crippen LogP contribution is 2.66. The summed E-state index contributed by atoms with van der Waals surface area (Å²) in [4.78, 5) is 60.9. The fourth-order valence-electron chi connectivity index (χ4n) is 11.6.